The molecule has 0 radical (unpaired) electrons. The number of benzene rings is 1. The van der Waals surface area contributed by atoms with Gasteiger partial charge in [0.05, 0.1) is 10.7 Å². The van der Waals surface area contributed by atoms with Crippen LogP contribution in [0.5, 0.6) is 0 Å². The third kappa shape index (κ3) is 1.54. The Hall–Kier alpha value is -1.03. The van der Waals surface area contributed by atoms with Crippen molar-refractivity contribution >= 4 is 21.8 Å². The third-order valence-electron chi connectivity index (χ3n) is 1.84. The van der Waals surface area contributed by atoms with E-state index < -0.39 is 0 Å². The quantitative estimate of drug-likeness (QED) is 0.647. The molecule has 1 amide bonds. The molecular weight excluding hydrogens is 232 g/mol. The van der Waals surface area contributed by atoms with Crippen molar-refractivity contribution in [2.24, 2.45) is 9.98 Å². The van der Waals surface area contributed by atoms with Gasteiger partial charge < -0.3 is 0 Å². The Balaban J connectivity index is 2.66. The van der Waals surface area contributed by atoms with Crippen molar-refractivity contribution < 1.29 is 4.79 Å². The molecule has 1 aromatic carbocycles. The highest BCUT2D eigenvalue weighted by molar-refractivity contribution is 9.09. The monoisotopic (exact) mass is 238 g/mol. The average molecular weight is 239 g/mol. The molecule has 0 N–H and O–H groups in total. The van der Waals surface area contributed by atoms with Crippen LogP contribution in [0.2, 0.25) is 0 Å². The van der Waals surface area contributed by atoms with Crippen LogP contribution in [-0.4, -0.2) is 17.3 Å². The summed E-state index contributed by atoms with van der Waals surface area (Å²) in [6, 6.07) is 7.04. The molecular formula is C9H7BrN2O. The van der Waals surface area contributed by atoms with Crippen molar-refractivity contribution in [2.45, 2.75) is 6.04 Å². The van der Waals surface area contributed by atoms with Crippen molar-refractivity contribution in [3.63, 3.8) is 0 Å². The molecule has 0 fully saturated rings. The normalized spacial score (nSPS) is 20.1. The van der Waals surface area contributed by atoms with Crippen LogP contribution in [-0.2, 0) is 4.79 Å². The first-order valence-electron chi connectivity index (χ1n) is 3.92. The molecule has 0 spiro atoms. The molecule has 0 saturated heterocycles. The van der Waals surface area contributed by atoms with Gasteiger partial charge in [0.15, 0.2) is 0 Å². The SMILES string of the molecule is O=C1N=c2ccccc2=N[C@@H]1CBr. The van der Waals surface area contributed by atoms with E-state index in [-0.39, 0.29) is 11.9 Å². The predicted molar refractivity (Wildman–Crippen MR) is 51.3 cm³/mol. The van der Waals surface area contributed by atoms with E-state index >= 15 is 0 Å². The predicted octanol–water partition coefficient (Wildman–Crippen LogP) is 0.229. The number of alkyl halides is 1. The van der Waals surface area contributed by atoms with Crippen LogP contribution in [0.3, 0.4) is 0 Å². The summed E-state index contributed by atoms with van der Waals surface area (Å²) in [5.74, 6) is -0.171. The summed E-state index contributed by atoms with van der Waals surface area (Å²) >= 11 is 3.23. The Kier molecular flexibility index (Phi) is 2.22. The van der Waals surface area contributed by atoms with Gasteiger partial charge in [-0.05, 0) is 12.1 Å². The van der Waals surface area contributed by atoms with Gasteiger partial charge in [0, 0.05) is 5.33 Å². The lowest BCUT2D eigenvalue weighted by Gasteiger charge is -2.07. The second-order valence-electron chi connectivity index (χ2n) is 2.74. The topological polar surface area (TPSA) is 41.8 Å². The van der Waals surface area contributed by atoms with E-state index in [1.165, 1.54) is 0 Å². The molecule has 1 aliphatic rings. The minimum absolute atomic E-state index is 0.171. The lowest BCUT2D eigenvalue weighted by molar-refractivity contribution is -0.119. The minimum atomic E-state index is -0.352. The summed E-state index contributed by atoms with van der Waals surface area (Å²) in [4.78, 5) is 19.5. The Morgan fingerprint density at radius 3 is 2.69 bits per heavy atom. The fourth-order valence-electron chi connectivity index (χ4n) is 1.18. The van der Waals surface area contributed by atoms with Gasteiger partial charge in [-0.3, -0.25) is 9.79 Å². The number of carbonyl (C=O) groups is 1. The van der Waals surface area contributed by atoms with Crippen LogP contribution in [0, 0.1) is 0 Å². The molecule has 1 aliphatic heterocycles. The maximum atomic E-state index is 11.3. The van der Waals surface area contributed by atoms with Gasteiger partial charge >= 0.3 is 0 Å². The van der Waals surface area contributed by atoms with Gasteiger partial charge in [0.25, 0.3) is 5.91 Å². The van der Waals surface area contributed by atoms with E-state index in [1.807, 2.05) is 18.2 Å². The number of hydrogen-bond acceptors (Lipinski definition) is 2. The van der Waals surface area contributed by atoms with Gasteiger partial charge in [0.2, 0.25) is 0 Å². The summed E-state index contributed by atoms with van der Waals surface area (Å²) in [5, 5.41) is 2.00. The molecule has 0 aromatic heterocycles. The van der Waals surface area contributed by atoms with E-state index in [0.717, 1.165) is 5.36 Å². The number of amides is 1. The largest absolute Gasteiger partial charge is 0.271 e. The summed E-state index contributed by atoms with van der Waals surface area (Å²) < 4.78 is 0. The fourth-order valence-corrected chi connectivity index (χ4v) is 1.61. The van der Waals surface area contributed by atoms with Crippen LogP contribution < -0.4 is 10.7 Å². The van der Waals surface area contributed by atoms with Gasteiger partial charge in [0.1, 0.15) is 6.04 Å². The first kappa shape index (κ1) is 8.56. The fraction of sp³-hybridized carbons (Fsp3) is 0.222. The Bertz CT molecular complexity index is 455. The van der Waals surface area contributed by atoms with Crippen LogP contribution >= 0.6 is 15.9 Å². The zero-order valence-electron chi connectivity index (χ0n) is 6.77. The molecule has 2 rings (SSSR count). The first-order valence-corrected chi connectivity index (χ1v) is 5.05. The number of hydrogen-bond donors (Lipinski definition) is 0. The van der Waals surface area contributed by atoms with Crippen molar-refractivity contribution in [1.82, 2.24) is 0 Å². The minimum Gasteiger partial charge on any atom is -0.270 e. The van der Waals surface area contributed by atoms with Crippen molar-refractivity contribution in [3.05, 3.63) is 35.0 Å². The average Bonchev–Trinajstić information content (AvgIpc) is 2.17. The first-order chi connectivity index (χ1) is 6.31. The second kappa shape index (κ2) is 3.38. The van der Waals surface area contributed by atoms with E-state index in [0.29, 0.717) is 10.7 Å². The van der Waals surface area contributed by atoms with Gasteiger partial charge in [-0.15, -0.1) is 0 Å². The number of rotatable bonds is 1. The summed E-state index contributed by atoms with van der Waals surface area (Å²) in [6.07, 6.45) is 0. The van der Waals surface area contributed by atoms with Crippen molar-refractivity contribution in [3.8, 4) is 0 Å². The van der Waals surface area contributed by atoms with Crippen LogP contribution in [0.4, 0.5) is 0 Å². The second-order valence-corrected chi connectivity index (χ2v) is 3.39. The number of carbonyl (C=O) groups excluding carboxylic acids is 1. The third-order valence-corrected chi connectivity index (χ3v) is 2.45. The molecule has 0 aliphatic carbocycles. The molecule has 1 aromatic rings. The highest BCUT2D eigenvalue weighted by atomic mass is 79.9. The molecule has 1 atom stereocenters. The standard InChI is InChI=1S/C9H7BrN2O/c10-5-8-9(13)12-7-4-2-1-3-6(7)11-8/h1-4,8H,5H2/t8-/m1/s1. The summed E-state index contributed by atoms with van der Waals surface area (Å²) in [5.41, 5.74) is 0. The zero-order chi connectivity index (χ0) is 9.26. The summed E-state index contributed by atoms with van der Waals surface area (Å²) in [6.45, 7) is 0. The maximum absolute atomic E-state index is 11.3. The highest BCUT2D eigenvalue weighted by Gasteiger charge is 2.17. The Labute approximate surface area is 83.3 Å². The zero-order valence-corrected chi connectivity index (χ0v) is 8.36. The molecule has 0 saturated carbocycles. The number of halogens is 1. The molecule has 0 bridgehead atoms. The van der Waals surface area contributed by atoms with E-state index in [2.05, 4.69) is 25.9 Å². The molecule has 13 heavy (non-hydrogen) atoms. The number of nitrogens with zero attached hydrogens (tertiary/aromatic N) is 2. The van der Waals surface area contributed by atoms with E-state index in [1.54, 1.807) is 6.07 Å². The molecule has 66 valence electrons. The van der Waals surface area contributed by atoms with Gasteiger partial charge in [-0.25, -0.2) is 4.99 Å². The Morgan fingerprint density at radius 1 is 1.31 bits per heavy atom. The summed E-state index contributed by atoms with van der Waals surface area (Å²) in [7, 11) is 0. The molecule has 3 nitrogen and oxygen atoms in total. The molecule has 1 heterocycles. The lowest BCUT2D eigenvalue weighted by atomic mass is 10.2. The van der Waals surface area contributed by atoms with Crippen LogP contribution in [0.1, 0.15) is 0 Å². The number of fused-ring (bicyclic) bond motifs is 1. The van der Waals surface area contributed by atoms with E-state index in [4.69, 9.17) is 0 Å². The van der Waals surface area contributed by atoms with E-state index in [9.17, 15) is 4.79 Å². The van der Waals surface area contributed by atoms with Crippen LogP contribution in [0.25, 0.3) is 0 Å². The smallest absolute Gasteiger partial charge is 0.270 e. The maximum Gasteiger partial charge on any atom is 0.271 e. The lowest BCUT2D eigenvalue weighted by Crippen LogP contribution is -2.37. The van der Waals surface area contributed by atoms with Crippen molar-refractivity contribution in [2.75, 3.05) is 5.33 Å². The number of para-hydroxylation sites is 2. The molecule has 4 heteroatoms. The van der Waals surface area contributed by atoms with Gasteiger partial charge in [-0.2, -0.15) is 0 Å². The van der Waals surface area contributed by atoms with Crippen molar-refractivity contribution in [1.29, 1.82) is 0 Å². The van der Waals surface area contributed by atoms with Gasteiger partial charge in [-0.1, -0.05) is 28.1 Å². The highest BCUT2D eigenvalue weighted by Crippen LogP contribution is 1.99. The Morgan fingerprint density at radius 2 is 2.00 bits per heavy atom. The van der Waals surface area contributed by atoms with Crippen LogP contribution in [0.15, 0.2) is 34.3 Å². The molecule has 0 unspecified atom stereocenters.